The van der Waals surface area contributed by atoms with E-state index in [0.717, 1.165) is 11.4 Å². The van der Waals surface area contributed by atoms with Crippen molar-refractivity contribution in [1.82, 2.24) is 4.57 Å². The molecule has 0 saturated carbocycles. The SMILES string of the molecule is C=C/C=C1\C(=C/C)c2ccccc2-c2cccc3c(/C=C\C)c(C=C)n1c23. The van der Waals surface area contributed by atoms with Gasteiger partial charge in [-0.25, -0.2) is 0 Å². The van der Waals surface area contributed by atoms with Crippen molar-refractivity contribution < 1.29 is 0 Å². The third-order valence-electron chi connectivity index (χ3n) is 5.18. The lowest BCUT2D eigenvalue weighted by Gasteiger charge is -2.15. The van der Waals surface area contributed by atoms with Gasteiger partial charge in [0.2, 0.25) is 0 Å². The molecule has 0 bridgehead atoms. The van der Waals surface area contributed by atoms with Crippen LogP contribution in [-0.2, 0) is 0 Å². The van der Waals surface area contributed by atoms with Crippen LogP contribution >= 0.6 is 0 Å². The molecule has 2 aromatic carbocycles. The lowest BCUT2D eigenvalue weighted by Crippen LogP contribution is -2.01. The minimum absolute atomic E-state index is 1.11. The average Bonchev–Trinajstić information content (AvgIpc) is 2.95. The van der Waals surface area contributed by atoms with E-state index in [1.54, 1.807) is 0 Å². The molecular formula is C26H23N. The fraction of sp³-hybridized carbons (Fsp3) is 0.0769. The first-order chi connectivity index (χ1) is 13.3. The molecule has 1 aromatic heterocycles. The zero-order valence-electron chi connectivity index (χ0n) is 15.9. The summed E-state index contributed by atoms with van der Waals surface area (Å²) in [6, 6.07) is 15.2. The van der Waals surface area contributed by atoms with E-state index >= 15 is 0 Å². The molecule has 1 nitrogen and oxygen atoms in total. The number of para-hydroxylation sites is 1. The molecule has 0 aliphatic carbocycles. The summed E-state index contributed by atoms with van der Waals surface area (Å²) in [5.41, 5.74) is 9.60. The molecule has 0 spiro atoms. The molecule has 3 aromatic rings. The average molecular weight is 349 g/mol. The molecule has 0 atom stereocenters. The van der Waals surface area contributed by atoms with Gasteiger partial charge in [0.05, 0.1) is 16.9 Å². The minimum atomic E-state index is 1.11. The highest BCUT2D eigenvalue weighted by molar-refractivity contribution is 6.14. The highest BCUT2D eigenvalue weighted by atomic mass is 15.0. The first-order valence-electron chi connectivity index (χ1n) is 9.28. The summed E-state index contributed by atoms with van der Waals surface area (Å²) in [6.45, 7) is 12.3. The van der Waals surface area contributed by atoms with E-state index in [4.69, 9.17) is 0 Å². The standard InChI is InChI=1S/C26H23N/c1-5-12-21-23-17-11-16-22-20-15-10-9-14-19(20)18(7-3)25(13-6-2)27(26(22)23)24(21)8-4/h5-17H,2,4H2,1,3H3/b12-5-,18-7-,25-13+. The summed E-state index contributed by atoms with van der Waals surface area (Å²) in [6.07, 6.45) is 12.4. The Hall–Kier alpha value is -3.32. The summed E-state index contributed by atoms with van der Waals surface area (Å²) in [7, 11) is 0. The van der Waals surface area contributed by atoms with Gasteiger partial charge in [0.15, 0.2) is 0 Å². The van der Waals surface area contributed by atoms with Crippen molar-refractivity contribution in [2.45, 2.75) is 13.8 Å². The van der Waals surface area contributed by atoms with Gasteiger partial charge in [-0.3, -0.25) is 0 Å². The lowest BCUT2D eigenvalue weighted by molar-refractivity contribution is 1.16. The number of hydrogen-bond donors (Lipinski definition) is 0. The predicted octanol–water partition coefficient (Wildman–Crippen LogP) is 7.43. The van der Waals surface area contributed by atoms with Crippen LogP contribution in [0.4, 0.5) is 0 Å². The Morgan fingerprint density at radius 2 is 1.63 bits per heavy atom. The maximum absolute atomic E-state index is 4.13. The van der Waals surface area contributed by atoms with Crippen LogP contribution in [0.2, 0.25) is 0 Å². The van der Waals surface area contributed by atoms with Gasteiger partial charge >= 0.3 is 0 Å². The number of hydrogen-bond acceptors (Lipinski definition) is 0. The van der Waals surface area contributed by atoms with E-state index in [-0.39, 0.29) is 0 Å². The van der Waals surface area contributed by atoms with Gasteiger partial charge in [-0.15, -0.1) is 0 Å². The lowest BCUT2D eigenvalue weighted by atomic mass is 9.92. The highest BCUT2D eigenvalue weighted by Crippen LogP contribution is 2.46. The van der Waals surface area contributed by atoms with E-state index in [0.29, 0.717) is 0 Å². The van der Waals surface area contributed by atoms with Crippen LogP contribution in [0.3, 0.4) is 0 Å². The Labute approximate surface area is 161 Å². The molecule has 0 N–H and O–H groups in total. The first-order valence-corrected chi connectivity index (χ1v) is 9.28. The fourth-order valence-electron chi connectivity index (χ4n) is 4.18. The summed E-state index contributed by atoms with van der Waals surface area (Å²) < 4.78 is 2.34. The van der Waals surface area contributed by atoms with Gasteiger partial charge in [-0.1, -0.05) is 79.9 Å². The van der Waals surface area contributed by atoms with Crippen LogP contribution < -0.4 is 0 Å². The number of fused-ring (bicyclic) bond motifs is 2. The van der Waals surface area contributed by atoms with Crippen LogP contribution in [0.25, 0.3) is 45.5 Å². The number of nitrogens with zero attached hydrogens (tertiary/aromatic N) is 1. The smallest absolute Gasteiger partial charge is 0.0619 e. The van der Waals surface area contributed by atoms with Crippen LogP contribution in [0.5, 0.6) is 0 Å². The molecule has 0 saturated heterocycles. The normalized spacial score (nSPS) is 16.1. The minimum Gasteiger partial charge on any atom is -0.308 e. The van der Waals surface area contributed by atoms with Gasteiger partial charge in [0, 0.05) is 22.1 Å². The van der Waals surface area contributed by atoms with Crippen molar-refractivity contribution in [3.8, 4) is 11.1 Å². The van der Waals surface area contributed by atoms with E-state index < -0.39 is 0 Å². The molecule has 1 aliphatic heterocycles. The maximum Gasteiger partial charge on any atom is 0.0619 e. The van der Waals surface area contributed by atoms with E-state index in [2.05, 4.69) is 98.3 Å². The summed E-state index contributed by atoms with van der Waals surface area (Å²) in [5, 5.41) is 1.24. The van der Waals surface area contributed by atoms with Gasteiger partial charge in [0.25, 0.3) is 0 Å². The van der Waals surface area contributed by atoms with E-state index in [1.807, 2.05) is 12.2 Å². The van der Waals surface area contributed by atoms with Crippen LogP contribution in [-0.4, -0.2) is 4.57 Å². The topological polar surface area (TPSA) is 4.93 Å². The Morgan fingerprint density at radius 1 is 0.889 bits per heavy atom. The molecule has 0 unspecified atom stereocenters. The Bertz CT molecular complexity index is 1160. The second kappa shape index (κ2) is 6.77. The number of allylic oxidation sites excluding steroid dienone is 6. The van der Waals surface area contributed by atoms with Crippen LogP contribution in [0.15, 0.2) is 79.9 Å². The van der Waals surface area contributed by atoms with Crippen molar-refractivity contribution in [2.24, 2.45) is 0 Å². The van der Waals surface area contributed by atoms with Crippen molar-refractivity contribution >= 4 is 34.3 Å². The maximum atomic E-state index is 4.13. The fourth-order valence-corrected chi connectivity index (χ4v) is 4.18. The molecule has 132 valence electrons. The first kappa shape index (κ1) is 17.1. The van der Waals surface area contributed by atoms with Crippen molar-refractivity contribution in [2.75, 3.05) is 0 Å². The van der Waals surface area contributed by atoms with E-state index in [9.17, 15) is 0 Å². The second-order valence-electron chi connectivity index (χ2n) is 6.58. The van der Waals surface area contributed by atoms with Crippen molar-refractivity contribution in [3.63, 3.8) is 0 Å². The number of aromatic nitrogens is 1. The monoisotopic (exact) mass is 349 g/mol. The van der Waals surface area contributed by atoms with Crippen molar-refractivity contribution in [3.05, 3.63) is 96.7 Å². The summed E-state index contributed by atoms with van der Waals surface area (Å²) >= 11 is 0. The molecule has 1 aliphatic rings. The van der Waals surface area contributed by atoms with E-state index in [1.165, 1.54) is 38.7 Å². The Kier molecular flexibility index (Phi) is 4.29. The molecule has 2 heterocycles. The Balaban J connectivity index is 2.32. The second-order valence-corrected chi connectivity index (χ2v) is 6.58. The number of benzene rings is 2. The quantitative estimate of drug-likeness (QED) is 0.463. The van der Waals surface area contributed by atoms with Gasteiger partial charge in [0.1, 0.15) is 0 Å². The van der Waals surface area contributed by atoms with Gasteiger partial charge in [-0.05, 0) is 37.1 Å². The predicted molar refractivity (Wildman–Crippen MR) is 120 cm³/mol. The zero-order valence-corrected chi connectivity index (χ0v) is 15.9. The molecule has 4 rings (SSSR count). The molecule has 0 amide bonds. The molecule has 0 fully saturated rings. The Morgan fingerprint density at radius 3 is 2.30 bits per heavy atom. The van der Waals surface area contributed by atoms with Crippen molar-refractivity contribution in [1.29, 1.82) is 0 Å². The number of rotatable bonds is 3. The third kappa shape index (κ3) is 2.39. The molecule has 0 radical (unpaired) electrons. The van der Waals surface area contributed by atoms with Gasteiger partial charge < -0.3 is 4.57 Å². The third-order valence-corrected chi connectivity index (χ3v) is 5.18. The largest absolute Gasteiger partial charge is 0.308 e. The van der Waals surface area contributed by atoms with Crippen LogP contribution in [0, 0.1) is 0 Å². The molecular weight excluding hydrogens is 326 g/mol. The molecule has 27 heavy (non-hydrogen) atoms. The summed E-state index contributed by atoms with van der Waals surface area (Å²) in [5.74, 6) is 0. The molecule has 1 heteroatoms. The zero-order chi connectivity index (χ0) is 19.0. The van der Waals surface area contributed by atoms with Gasteiger partial charge in [-0.2, -0.15) is 0 Å². The van der Waals surface area contributed by atoms with Crippen LogP contribution in [0.1, 0.15) is 30.7 Å². The summed E-state index contributed by atoms with van der Waals surface area (Å²) in [4.78, 5) is 0. The highest BCUT2D eigenvalue weighted by Gasteiger charge is 2.26.